The van der Waals surface area contributed by atoms with Crippen LogP contribution in [0.5, 0.6) is 11.5 Å². The molecular formula is C22H18ClN3O3. The third-order valence-corrected chi connectivity index (χ3v) is 4.74. The van der Waals surface area contributed by atoms with Crippen molar-refractivity contribution in [2.75, 3.05) is 11.9 Å². The Balaban J connectivity index is 1.55. The number of nitrogens with zero attached hydrogens (tertiary/aromatic N) is 2. The normalized spacial score (nSPS) is 10.8. The summed E-state index contributed by atoms with van der Waals surface area (Å²) in [6.07, 6.45) is 1.77. The zero-order valence-corrected chi connectivity index (χ0v) is 16.3. The summed E-state index contributed by atoms with van der Waals surface area (Å²) in [4.78, 5) is 17.0. The van der Waals surface area contributed by atoms with Crippen molar-refractivity contribution in [3.8, 4) is 17.2 Å². The van der Waals surface area contributed by atoms with Crippen molar-refractivity contribution in [1.82, 2.24) is 9.55 Å². The smallest absolute Gasteiger partial charge is 0.255 e. The molecule has 0 spiro atoms. The second-order valence-electron chi connectivity index (χ2n) is 6.34. The SMILES string of the molecule is CCOc1cc(C(=O)Nc2ccc(-n3cnc4ccccc43)cc2)cc(Cl)c1O. The predicted molar refractivity (Wildman–Crippen MR) is 113 cm³/mol. The van der Waals surface area contributed by atoms with E-state index in [-0.39, 0.29) is 22.4 Å². The van der Waals surface area contributed by atoms with Gasteiger partial charge >= 0.3 is 0 Å². The van der Waals surface area contributed by atoms with Crippen LogP contribution in [0.4, 0.5) is 5.69 Å². The number of aromatic hydroxyl groups is 1. The maximum absolute atomic E-state index is 12.6. The molecule has 7 heteroatoms. The molecule has 1 aromatic heterocycles. The first-order valence-corrected chi connectivity index (χ1v) is 9.44. The van der Waals surface area contributed by atoms with Crippen molar-refractivity contribution < 1.29 is 14.6 Å². The van der Waals surface area contributed by atoms with Gasteiger partial charge in [-0.3, -0.25) is 9.36 Å². The molecule has 29 heavy (non-hydrogen) atoms. The minimum absolute atomic E-state index is 0.0587. The highest BCUT2D eigenvalue weighted by atomic mass is 35.5. The van der Waals surface area contributed by atoms with Gasteiger partial charge < -0.3 is 15.2 Å². The summed E-state index contributed by atoms with van der Waals surface area (Å²) >= 11 is 6.01. The Labute approximate surface area is 172 Å². The standard InChI is InChI=1S/C22H18ClN3O3/c1-2-29-20-12-14(11-17(23)21(20)27)22(28)25-15-7-9-16(10-8-15)26-13-24-18-5-3-4-6-19(18)26/h3-13,27H,2H2,1H3,(H,25,28). The summed E-state index contributed by atoms with van der Waals surface area (Å²) in [5.74, 6) is -0.358. The van der Waals surface area contributed by atoms with E-state index in [1.807, 2.05) is 53.1 Å². The molecular weight excluding hydrogens is 390 g/mol. The number of phenols is 1. The third kappa shape index (κ3) is 3.75. The van der Waals surface area contributed by atoms with Crippen molar-refractivity contribution >= 4 is 34.2 Å². The molecule has 0 unspecified atom stereocenters. The Hall–Kier alpha value is -3.51. The highest BCUT2D eigenvalue weighted by Crippen LogP contribution is 2.35. The zero-order valence-electron chi connectivity index (χ0n) is 15.6. The van der Waals surface area contributed by atoms with Crippen molar-refractivity contribution in [2.45, 2.75) is 6.92 Å². The number of carbonyl (C=O) groups is 1. The van der Waals surface area contributed by atoms with Crippen LogP contribution in [0.3, 0.4) is 0 Å². The zero-order chi connectivity index (χ0) is 20.4. The van der Waals surface area contributed by atoms with E-state index >= 15 is 0 Å². The Morgan fingerprint density at radius 3 is 2.69 bits per heavy atom. The average Bonchev–Trinajstić information content (AvgIpc) is 3.16. The molecule has 0 aliphatic heterocycles. The van der Waals surface area contributed by atoms with Crippen LogP contribution in [-0.4, -0.2) is 27.2 Å². The summed E-state index contributed by atoms with van der Waals surface area (Å²) in [5, 5.41) is 12.8. The van der Waals surface area contributed by atoms with Crippen LogP contribution in [0.1, 0.15) is 17.3 Å². The lowest BCUT2D eigenvalue weighted by atomic mass is 10.1. The number of amides is 1. The molecule has 0 aliphatic carbocycles. The van der Waals surface area contributed by atoms with Gasteiger partial charge in [-0.2, -0.15) is 0 Å². The second kappa shape index (κ2) is 7.85. The lowest BCUT2D eigenvalue weighted by molar-refractivity contribution is 0.102. The van der Waals surface area contributed by atoms with E-state index in [9.17, 15) is 9.90 Å². The van der Waals surface area contributed by atoms with Gasteiger partial charge in [-0.25, -0.2) is 4.98 Å². The van der Waals surface area contributed by atoms with Gasteiger partial charge in [-0.1, -0.05) is 23.7 Å². The monoisotopic (exact) mass is 407 g/mol. The number of aromatic nitrogens is 2. The molecule has 0 radical (unpaired) electrons. The van der Waals surface area contributed by atoms with Crippen LogP contribution >= 0.6 is 11.6 Å². The fraction of sp³-hybridized carbons (Fsp3) is 0.0909. The van der Waals surface area contributed by atoms with E-state index in [2.05, 4.69) is 10.3 Å². The van der Waals surface area contributed by atoms with Crippen LogP contribution < -0.4 is 10.1 Å². The lowest BCUT2D eigenvalue weighted by Crippen LogP contribution is -2.12. The molecule has 4 rings (SSSR count). The van der Waals surface area contributed by atoms with Gasteiger partial charge in [-0.05, 0) is 55.5 Å². The van der Waals surface area contributed by atoms with Crippen LogP contribution in [0.15, 0.2) is 67.0 Å². The minimum Gasteiger partial charge on any atom is -0.503 e. The Bertz CT molecular complexity index is 1190. The van der Waals surface area contributed by atoms with Gasteiger partial charge in [0, 0.05) is 16.9 Å². The molecule has 0 saturated heterocycles. The fourth-order valence-electron chi connectivity index (χ4n) is 3.04. The van der Waals surface area contributed by atoms with Crippen LogP contribution in [0.2, 0.25) is 5.02 Å². The highest BCUT2D eigenvalue weighted by molar-refractivity contribution is 6.32. The number of ether oxygens (including phenoxy) is 1. The van der Waals surface area contributed by atoms with Gasteiger partial charge in [0.15, 0.2) is 11.5 Å². The summed E-state index contributed by atoms with van der Waals surface area (Å²) in [5.41, 5.74) is 3.78. The molecule has 1 amide bonds. The van der Waals surface area contributed by atoms with Crippen LogP contribution in [0.25, 0.3) is 16.7 Å². The number of para-hydroxylation sites is 2. The topological polar surface area (TPSA) is 76.4 Å². The highest BCUT2D eigenvalue weighted by Gasteiger charge is 2.15. The van der Waals surface area contributed by atoms with E-state index in [1.54, 1.807) is 13.3 Å². The lowest BCUT2D eigenvalue weighted by Gasteiger charge is -2.11. The summed E-state index contributed by atoms with van der Waals surface area (Å²) in [6.45, 7) is 2.13. The van der Waals surface area contributed by atoms with E-state index in [4.69, 9.17) is 16.3 Å². The first-order valence-electron chi connectivity index (χ1n) is 9.06. The number of rotatable bonds is 5. The Morgan fingerprint density at radius 1 is 1.17 bits per heavy atom. The van der Waals surface area contributed by atoms with E-state index < -0.39 is 0 Å². The molecule has 1 heterocycles. The maximum atomic E-state index is 12.6. The summed E-state index contributed by atoms with van der Waals surface area (Å²) in [6, 6.07) is 18.2. The number of benzene rings is 3. The van der Waals surface area contributed by atoms with E-state index in [0.29, 0.717) is 17.9 Å². The molecule has 3 aromatic carbocycles. The molecule has 146 valence electrons. The molecule has 0 bridgehead atoms. The second-order valence-corrected chi connectivity index (χ2v) is 6.75. The molecule has 0 saturated carbocycles. The number of anilines is 1. The van der Waals surface area contributed by atoms with Gasteiger partial charge in [0.1, 0.15) is 6.33 Å². The maximum Gasteiger partial charge on any atom is 0.255 e. The van der Waals surface area contributed by atoms with E-state index in [1.165, 1.54) is 12.1 Å². The van der Waals surface area contributed by atoms with Crippen molar-refractivity contribution in [3.05, 3.63) is 77.6 Å². The van der Waals surface area contributed by atoms with Gasteiger partial charge in [0.05, 0.1) is 22.7 Å². The number of hydrogen-bond acceptors (Lipinski definition) is 4. The van der Waals surface area contributed by atoms with Crippen molar-refractivity contribution in [2.24, 2.45) is 0 Å². The van der Waals surface area contributed by atoms with Crippen LogP contribution in [-0.2, 0) is 0 Å². The van der Waals surface area contributed by atoms with Gasteiger partial charge in [-0.15, -0.1) is 0 Å². The quantitative estimate of drug-likeness (QED) is 0.486. The fourth-order valence-corrected chi connectivity index (χ4v) is 3.25. The number of fused-ring (bicyclic) bond motifs is 1. The number of phenolic OH excluding ortho intramolecular Hbond substituents is 1. The van der Waals surface area contributed by atoms with Crippen molar-refractivity contribution in [1.29, 1.82) is 0 Å². The van der Waals surface area contributed by atoms with Crippen molar-refractivity contribution in [3.63, 3.8) is 0 Å². The first-order chi connectivity index (χ1) is 14.1. The Morgan fingerprint density at radius 2 is 1.93 bits per heavy atom. The number of nitrogens with one attached hydrogen (secondary N) is 1. The van der Waals surface area contributed by atoms with Crippen LogP contribution in [0, 0.1) is 0 Å². The van der Waals surface area contributed by atoms with Gasteiger partial charge in [0.2, 0.25) is 0 Å². The third-order valence-electron chi connectivity index (χ3n) is 4.45. The number of hydrogen-bond donors (Lipinski definition) is 2. The molecule has 2 N–H and O–H groups in total. The average molecular weight is 408 g/mol. The van der Waals surface area contributed by atoms with E-state index in [0.717, 1.165) is 16.7 Å². The number of imidazole rings is 1. The molecule has 0 fully saturated rings. The minimum atomic E-state index is -0.353. The molecule has 0 atom stereocenters. The molecule has 4 aromatic rings. The number of halogens is 1. The summed E-state index contributed by atoms with van der Waals surface area (Å²) in [7, 11) is 0. The number of carbonyl (C=O) groups excluding carboxylic acids is 1. The molecule has 0 aliphatic rings. The molecule has 6 nitrogen and oxygen atoms in total. The summed E-state index contributed by atoms with van der Waals surface area (Å²) < 4.78 is 7.31. The first kappa shape index (κ1) is 18.8. The Kier molecular flexibility index (Phi) is 5.10. The largest absolute Gasteiger partial charge is 0.503 e. The predicted octanol–water partition coefficient (Wildman–Crippen LogP) is 5.04. The van der Waals surface area contributed by atoms with Gasteiger partial charge in [0.25, 0.3) is 5.91 Å².